The second-order valence-corrected chi connectivity index (χ2v) is 9.20. The van der Waals surface area contributed by atoms with E-state index in [4.69, 9.17) is 0 Å². The van der Waals surface area contributed by atoms with Crippen molar-refractivity contribution in [3.8, 4) is 0 Å². The highest BCUT2D eigenvalue weighted by molar-refractivity contribution is 5.81. The van der Waals surface area contributed by atoms with E-state index in [1.807, 2.05) is 13.8 Å². The minimum Gasteiger partial charge on any atom is -0.300 e. The Labute approximate surface area is 199 Å². The average Bonchev–Trinajstić information content (AvgIpc) is 3.28. The number of hydrogen-bond acceptors (Lipinski definition) is 2. The Balaban J connectivity index is 0.000000237. The minimum absolute atomic E-state index is 0.00435. The van der Waals surface area contributed by atoms with Gasteiger partial charge in [-0.2, -0.15) is 26.3 Å². The summed E-state index contributed by atoms with van der Waals surface area (Å²) in [4.78, 5) is 13.6. The third-order valence-corrected chi connectivity index (χ3v) is 6.87. The summed E-state index contributed by atoms with van der Waals surface area (Å²) in [6.45, 7) is 9.12. The zero-order valence-corrected chi connectivity index (χ0v) is 20.4. The van der Waals surface area contributed by atoms with Gasteiger partial charge in [-0.05, 0) is 87.6 Å². The van der Waals surface area contributed by atoms with Crippen LogP contribution >= 0.6 is 0 Å². The van der Waals surface area contributed by atoms with Crippen LogP contribution in [0.15, 0.2) is 12.1 Å². The van der Waals surface area contributed by atoms with Gasteiger partial charge in [0.25, 0.3) is 0 Å². The Kier molecular flexibility index (Phi) is 10.5. The number of hydrogen-bond donors (Lipinski definition) is 0. The zero-order chi connectivity index (χ0) is 25.5. The average molecular weight is 494 g/mol. The second-order valence-electron chi connectivity index (χ2n) is 9.20. The molecule has 8 heteroatoms. The monoisotopic (exact) mass is 493 g/mol. The maximum atomic E-state index is 12.7. The van der Waals surface area contributed by atoms with Crippen molar-refractivity contribution in [2.75, 3.05) is 13.1 Å². The second kappa shape index (κ2) is 12.4. The molecular formula is C26H37F6NO. The summed E-state index contributed by atoms with van der Waals surface area (Å²) >= 11 is 0. The van der Waals surface area contributed by atoms with Gasteiger partial charge in [-0.25, -0.2) is 0 Å². The molecule has 0 radical (unpaired) electrons. The van der Waals surface area contributed by atoms with E-state index in [0.29, 0.717) is 18.9 Å². The first-order valence-electron chi connectivity index (χ1n) is 12.6. The van der Waals surface area contributed by atoms with Crippen molar-refractivity contribution >= 4 is 6.29 Å². The van der Waals surface area contributed by atoms with Crippen molar-refractivity contribution < 1.29 is 31.1 Å². The van der Waals surface area contributed by atoms with Gasteiger partial charge >= 0.3 is 12.4 Å². The van der Waals surface area contributed by atoms with E-state index in [9.17, 15) is 31.1 Å². The summed E-state index contributed by atoms with van der Waals surface area (Å²) in [5.41, 5.74) is -3.72. The highest BCUT2D eigenvalue weighted by Crippen LogP contribution is 2.46. The number of likely N-dealkylation sites (tertiary alicyclic amines) is 1. The summed E-state index contributed by atoms with van der Waals surface area (Å²) in [7, 11) is 0. The maximum absolute atomic E-state index is 12.7. The molecule has 2 saturated carbocycles. The largest absolute Gasteiger partial charge is 0.417 e. The van der Waals surface area contributed by atoms with Crippen molar-refractivity contribution in [2.24, 2.45) is 5.92 Å². The molecule has 1 saturated heterocycles. The topological polar surface area (TPSA) is 20.3 Å². The third kappa shape index (κ3) is 7.46. The molecule has 3 aliphatic rings. The van der Waals surface area contributed by atoms with Gasteiger partial charge in [0.2, 0.25) is 0 Å². The zero-order valence-electron chi connectivity index (χ0n) is 20.4. The summed E-state index contributed by atoms with van der Waals surface area (Å²) in [6, 6.07) is 1.62. The smallest absolute Gasteiger partial charge is 0.300 e. The lowest BCUT2D eigenvalue weighted by Crippen LogP contribution is -2.35. The number of benzene rings is 1. The van der Waals surface area contributed by atoms with Crippen molar-refractivity contribution in [1.82, 2.24) is 4.90 Å². The fourth-order valence-electron chi connectivity index (χ4n) is 5.22. The van der Waals surface area contributed by atoms with Crippen molar-refractivity contribution in [3.63, 3.8) is 0 Å². The number of carbonyl (C=O) groups is 1. The minimum atomic E-state index is -4.98. The van der Waals surface area contributed by atoms with Gasteiger partial charge in [-0.15, -0.1) is 0 Å². The first kappa shape index (κ1) is 28.7. The van der Waals surface area contributed by atoms with Crippen molar-refractivity contribution in [1.29, 1.82) is 0 Å². The molecule has 2 atom stereocenters. The number of aldehydes is 1. The molecule has 1 aromatic carbocycles. The van der Waals surface area contributed by atoms with Gasteiger partial charge in [0.05, 0.1) is 11.1 Å². The number of nitrogens with zero attached hydrogens (tertiary/aromatic N) is 1. The first-order chi connectivity index (χ1) is 16.1. The number of carbonyl (C=O) groups excluding carboxylic acids is 1. The molecule has 34 heavy (non-hydrogen) atoms. The van der Waals surface area contributed by atoms with Crippen LogP contribution in [0.5, 0.6) is 0 Å². The van der Waals surface area contributed by atoms with Gasteiger partial charge in [-0.1, -0.05) is 33.6 Å². The van der Waals surface area contributed by atoms with E-state index in [1.165, 1.54) is 58.0 Å². The lowest BCUT2D eigenvalue weighted by Gasteiger charge is -2.28. The SMILES string of the molecule is CC.CCC[C@H]1CCCC1N1CCCC1.O=Cc1c(C2CC2)cc(C(F)(F)F)cc1C(F)(F)F. The van der Waals surface area contributed by atoms with Crippen LogP contribution in [0, 0.1) is 5.92 Å². The quantitative estimate of drug-likeness (QED) is 0.303. The van der Waals surface area contributed by atoms with Crippen LogP contribution in [0.3, 0.4) is 0 Å². The number of halogens is 6. The Morgan fingerprint density at radius 1 is 0.912 bits per heavy atom. The van der Waals surface area contributed by atoms with Crippen LogP contribution in [-0.4, -0.2) is 30.3 Å². The highest BCUT2D eigenvalue weighted by atomic mass is 19.4. The molecule has 4 rings (SSSR count). The van der Waals surface area contributed by atoms with Crippen molar-refractivity contribution in [2.45, 2.75) is 103 Å². The molecule has 2 nitrogen and oxygen atoms in total. The van der Waals surface area contributed by atoms with E-state index < -0.39 is 29.0 Å². The van der Waals surface area contributed by atoms with Gasteiger partial charge in [0, 0.05) is 11.6 Å². The number of alkyl halides is 6. The molecule has 2 aliphatic carbocycles. The van der Waals surface area contributed by atoms with Gasteiger partial charge < -0.3 is 4.90 Å². The molecule has 1 aromatic rings. The molecule has 0 N–H and O–H groups in total. The highest BCUT2D eigenvalue weighted by Gasteiger charge is 2.41. The fourth-order valence-corrected chi connectivity index (χ4v) is 5.22. The van der Waals surface area contributed by atoms with Crippen molar-refractivity contribution in [3.05, 3.63) is 34.4 Å². The Morgan fingerprint density at radius 3 is 2.00 bits per heavy atom. The van der Waals surface area contributed by atoms with Crippen LogP contribution in [0.1, 0.15) is 112 Å². The van der Waals surface area contributed by atoms with Gasteiger partial charge in [-0.3, -0.25) is 4.79 Å². The number of rotatable bonds is 5. The molecule has 1 aliphatic heterocycles. The van der Waals surface area contributed by atoms with Crippen LogP contribution in [0.2, 0.25) is 0 Å². The third-order valence-electron chi connectivity index (χ3n) is 6.87. The fraction of sp³-hybridized carbons (Fsp3) is 0.731. The van der Waals surface area contributed by atoms with Gasteiger partial charge in [0.15, 0.2) is 6.29 Å². The maximum Gasteiger partial charge on any atom is 0.417 e. The summed E-state index contributed by atoms with van der Waals surface area (Å²) < 4.78 is 76.0. The molecule has 3 fully saturated rings. The van der Waals surface area contributed by atoms with E-state index in [-0.39, 0.29) is 23.8 Å². The molecular weight excluding hydrogens is 456 g/mol. The molecule has 0 amide bonds. The van der Waals surface area contributed by atoms with E-state index in [2.05, 4.69) is 11.8 Å². The Morgan fingerprint density at radius 2 is 1.53 bits per heavy atom. The Bertz CT molecular complexity index is 779. The lowest BCUT2D eigenvalue weighted by atomic mass is 9.95. The molecule has 0 bridgehead atoms. The van der Waals surface area contributed by atoms with Gasteiger partial charge in [0.1, 0.15) is 0 Å². The normalized spacial score (nSPS) is 23.1. The van der Waals surface area contributed by atoms with Crippen LogP contribution in [0.4, 0.5) is 26.3 Å². The molecule has 194 valence electrons. The van der Waals surface area contributed by atoms with Crippen LogP contribution in [-0.2, 0) is 12.4 Å². The predicted octanol–water partition coefficient (Wildman–Crippen LogP) is 8.49. The van der Waals surface area contributed by atoms with E-state index >= 15 is 0 Å². The Hall–Kier alpha value is -1.57. The van der Waals surface area contributed by atoms with E-state index in [1.54, 1.807) is 0 Å². The standard InChI is InChI=1S/C12H8F6O.C12H23N.C2H6/c13-11(14,15)7-3-8(6-1-2-6)9(5-19)10(4-7)12(16,17)18;1-2-6-11-7-5-8-12(11)13-9-3-4-10-13;1-2/h3-6H,1-2H2;11-12H,2-10H2,1H3;1-2H3/t;11-,12?;/m.0./s1. The summed E-state index contributed by atoms with van der Waals surface area (Å²) in [5.74, 6) is 0.659. The van der Waals surface area contributed by atoms with E-state index in [0.717, 1.165) is 12.0 Å². The molecule has 1 heterocycles. The predicted molar refractivity (Wildman–Crippen MR) is 122 cm³/mol. The summed E-state index contributed by atoms with van der Waals surface area (Å²) in [6.07, 6.45) is 1.38. The van der Waals surface area contributed by atoms with Crippen LogP contribution in [0.25, 0.3) is 0 Å². The molecule has 0 spiro atoms. The molecule has 0 aromatic heterocycles. The molecule has 1 unspecified atom stereocenters. The lowest BCUT2D eigenvalue weighted by molar-refractivity contribution is -0.143. The first-order valence-corrected chi connectivity index (χ1v) is 12.6. The summed E-state index contributed by atoms with van der Waals surface area (Å²) in [5, 5.41) is 0. The van der Waals surface area contributed by atoms with Crippen LogP contribution < -0.4 is 0 Å².